The predicted molar refractivity (Wildman–Crippen MR) is 189 cm³/mol. The van der Waals surface area contributed by atoms with Crippen LogP contribution in [0.2, 0.25) is 0 Å². The Morgan fingerprint density at radius 3 is 1.65 bits per heavy atom. The molecule has 2 heterocycles. The number of benzene rings is 6. The van der Waals surface area contributed by atoms with Gasteiger partial charge in [0.15, 0.2) is 0 Å². The van der Waals surface area contributed by atoms with Gasteiger partial charge in [-0.05, 0) is 70.8 Å². The standard InChI is InChI=1S/C42H31N4/c1-5-15-30(16-6-1)38-29-39(31-17-7-2-8-18-31)44-40(43-38)35-23-13-21-33(27-35)34-22-14-24-36(28-34)42-45-41(32-19-9-3-10-20-32)46(42)37-25-11-4-12-26-37/h1-29,38H,(H,43,44)/q+1. The molecule has 6 aromatic carbocycles. The zero-order chi connectivity index (χ0) is 30.7. The Labute approximate surface area is 269 Å². The van der Waals surface area contributed by atoms with Crippen molar-refractivity contribution in [2.24, 2.45) is 9.98 Å². The summed E-state index contributed by atoms with van der Waals surface area (Å²) < 4.78 is 2.24. The van der Waals surface area contributed by atoms with E-state index in [4.69, 9.17) is 9.98 Å². The lowest BCUT2D eigenvalue weighted by Gasteiger charge is -2.24. The maximum Gasteiger partial charge on any atom is 0.279 e. The van der Waals surface area contributed by atoms with E-state index >= 15 is 0 Å². The summed E-state index contributed by atoms with van der Waals surface area (Å²) in [6.07, 6.45) is 2.21. The Balaban J connectivity index is 1.16. The molecule has 0 aromatic heterocycles. The van der Waals surface area contributed by atoms with Crippen LogP contribution in [0.15, 0.2) is 186 Å². The number of aliphatic imine (C=N–C) groups is 2. The van der Waals surface area contributed by atoms with Crippen molar-refractivity contribution in [3.05, 3.63) is 204 Å². The van der Waals surface area contributed by atoms with Crippen LogP contribution in [0.3, 0.4) is 0 Å². The summed E-state index contributed by atoms with van der Waals surface area (Å²) in [6.45, 7) is 0. The lowest BCUT2D eigenvalue weighted by molar-refractivity contribution is -0.319. The minimum atomic E-state index is 0.00606. The fourth-order valence-corrected chi connectivity index (χ4v) is 6.03. The van der Waals surface area contributed by atoms with E-state index in [0.29, 0.717) is 0 Å². The fourth-order valence-electron chi connectivity index (χ4n) is 6.03. The number of rotatable bonds is 7. The van der Waals surface area contributed by atoms with Crippen LogP contribution in [0.25, 0.3) is 16.8 Å². The molecule has 0 spiro atoms. The first-order valence-electron chi connectivity index (χ1n) is 15.6. The molecule has 0 amide bonds. The molecule has 46 heavy (non-hydrogen) atoms. The van der Waals surface area contributed by atoms with Gasteiger partial charge in [-0.2, -0.15) is 4.58 Å². The van der Waals surface area contributed by atoms with E-state index in [1.165, 1.54) is 5.56 Å². The smallest absolute Gasteiger partial charge is 0.279 e. The van der Waals surface area contributed by atoms with Gasteiger partial charge >= 0.3 is 0 Å². The number of hydrogen-bond acceptors (Lipinski definition) is 3. The maximum atomic E-state index is 5.12. The van der Waals surface area contributed by atoms with Crippen LogP contribution in [-0.4, -0.2) is 22.1 Å². The molecule has 0 fully saturated rings. The van der Waals surface area contributed by atoms with Gasteiger partial charge in [-0.25, -0.2) is 4.99 Å². The summed E-state index contributed by atoms with van der Waals surface area (Å²) in [7, 11) is 0. The molecule has 0 saturated heterocycles. The second-order valence-electron chi connectivity index (χ2n) is 11.4. The van der Waals surface area contributed by atoms with Crippen molar-refractivity contribution >= 4 is 28.9 Å². The van der Waals surface area contributed by atoms with E-state index in [1.54, 1.807) is 0 Å². The van der Waals surface area contributed by atoms with Gasteiger partial charge in [0, 0.05) is 5.56 Å². The topological polar surface area (TPSA) is 39.8 Å². The van der Waals surface area contributed by atoms with Gasteiger partial charge in [0.25, 0.3) is 11.7 Å². The third-order valence-electron chi connectivity index (χ3n) is 8.35. The predicted octanol–water partition coefficient (Wildman–Crippen LogP) is 9.04. The Bertz CT molecular complexity index is 2150. The van der Waals surface area contributed by atoms with Crippen LogP contribution in [0.4, 0.5) is 5.69 Å². The summed E-state index contributed by atoms with van der Waals surface area (Å²) in [4.78, 5) is 10.2. The van der Waals surface area contributed by atoms with Crippen molar-refractivity contribution in [2.75, 3.05) is 0 Å². The first-order chi connectivity index (χ1) is 22.8. The number of nitrogens with zero attached hydrogens (tertiary/aromatic N) is 3. The van der Waals surface area contributed by atoms with Crippen molar-refractivity contribution in [1.29, 1.82) is 0 Å². The molecule has 6 aromatic rings. The highest BCUT2D eigenvalue weighted by Crippen LogP contribution is 2.30. The first kappa shape index (κ1) is 27.4. The summed E-state index contributed by atoms with van der Waals surface area (Å²) in [5.41, 5.74) is 9.80. The van der Waals surface area contributed by atoms with Crippen molar-refractivity contribution < 1.29 is 4.58 Å². The first-order valence-corrected chi connectivity index (χ1v) is 15.6. The molecule has 1 unspecified atom stereocenters. The Kier molecular flexibility index (Phi) is 7.21. The van der Waals surface area contributed by atoms with Crippen molar-refractivity contribution in [3.8, 4) is 11.1 Å². The fraction of sp³-hybridized carbons (Fsp3) is 0.0238. The highest BCUT2D eigenvalue weighted by atomic mass is 15.2. The summed E-state index contributed by atoms with van der Waals surface area (Å²) in [5.74, 6) is 2.74. The van der Waals surface area contributed by atoms with E-state index in [9.17, 15) is 0 Å². The zero-order valence-electron chi connectivity index (χ0n) is 25.2. The third kappa shape index (κ3) is 5.37. The molecular weight excluding hydrogens is 560 g/mol. The number of hydrogen-bond donors (Lipinski definition) is 1. The SMILES string of the molecule is C1=C(c2ccccc2)N=C(c2cccc(-c3cccc(C4=[N+](c5ccccc5)C(c5ccccc5)=N4)c3)c2)NC1c1ccccc1. The maximum absolute atomic E-state index is 5.12. The van der Waals surface area contributed by atoms with Crippen LogP contribution in [0.1, 0.15) is 33.9 Å². The van der Waals surface area contributed by atoms with Crippen molar-refractivity contribution in [3.63, 3.8) is 0 Å². The number of para-hydroxylation sites is 1. The van der Waals surface area contributed by atoms with Crippen LogP contribution in [-0.2, 0) is 0 Å². The molecule has 218 valence electrons. The van der Waals surface area contributed by atoms with Gasteiger partial charge in [0.2, 0.25) is 0 Å². The largest absolute Gasteiger partial charge is 0.359 e. The van der Waals surface area contributed by atoms with Gasteiger partial charge in [0.1, 0.15) is 11.5 Å². The average Bonchev–Trinajstić information content (AvgIpc) is 3.13. The molecule has 0 bridgehead atoms. The molecule has 2 aliphatic rings. The van der Waals surface area contributed by atoms with Gasteiger partial charge in [-0.1, -0.05) is 132 Å². The zero-order valence-corrected chi connectivity index (χ0v) is 25.2. The van der Waals surface area contributed by atoms with Crippen molar-refractivity contribution in [1.82, 2.24) is 5.32 Å². The molecule has 4 nitrogen and oxygen atoms in total. The molecule has 1 atom stereocenters. The lowest BCUT2D eigenvalue weighted by atomic mass is 9.98. The Morgan fingerprint density at radius 1 is 0.457 bits per heavy atom. The quantitative estimate of drug-likeness (QED) is 0.185. The molecule has 4 heteroatoms. The molecule has 0 saturated carbocycles. The second kappa shape index (κ2) is 12.1. The second-order valence-corrected chi connectivity index (χ2v) is 11.4. The third-order valence-corrected chi connectivity index (χ3v) is 8.35. The number of nitrogens with one attached hydrogen (secondary N) is 1. The van der Waals surface area contributed by atoms with Gasteiger partial charge in [0.05, 0.1) is 22.9 Å². The normalized spacial score (nSPS) is 15.7. The van der Waals surface area contributed by atoms with Crippen LogP contribution < -0.4 is 5.32 Å². The van der Waals surface area contributed by atoms with Crippen LogP contribution in [0.5, 0.6) is 0 Å². The molecule has 0 radical (unpaired) electrons. The van der Waals surface area contributed by atoms with E-state index in [1.807, 2.05) is 18.2 Å². The summed E-state index contributed by atoms with van der Waals surface area (Å²) >= 11 is 0. The molecular formula is C42H31N4+. The monoisotopic (exact) mass is 591 g/mol. The summed E-state index contributed by atoms with van der Waals surface area (Å²) in [6, 6.07) is 59.0. The van der Waals surface area contributed by atoms with Crippen LogP contribution >= 0.6 is 0 Å². The van der Waals surface area contributed by atoms with E-state index < -0.39 is 0 Å². The van der Waals surface area contributed by atoms with E-state index in [2.05, 4.69) is 168 Å². The highest BCUT2D eigenvalue weighted by molar-refractivity contribution is 6.16. The van der Waals surface area contributed by atoms with E-state index in [0.717, 1.165) is 62.3 Å². The van der Waals surface area contributed by atoms with Gasteiger partial charge < -0.3 is 5.32 Å². The summed E-state index contributed by atoms with van der Waals surface area (Å²) in [5, 5.41) is 3.70. The number of amidine groups is 3. The van der Waals surface area contributed by atoms with E-state index in [-0.39, 0.29) is 6.04 Å². The van der Waals surface area contributed by atoms with Crippen molar-refractivity contribution in [2.45, 2.75) is 6.04 Å². The molecule has 8 rings (SSSR count). The average molecular weight is 592 g/mol. The molecule has 2 aliphatic heterocycles. The molecule has 0 aliphatic carbocycles. The minimum absolute atomic E-state index is 0.00606. The van der Waals surface area contributed by atoms with Gasteiger partial charge in [-0.3, -0.25) is 0 Å². The minimum Gasteiger partial charge on any atom is -0.359 e. The van der Waals surface area contributed by atoms with Gasteiger partial charge in [-0.15, -0.1) is 0 Å². The van der Waals surface area contributed by atoms with Crippen LogP contribution in [0, 0.1) is 0 Å². The Morgan fingerprint density at radius 2 is 0.978 bits per heavy atom. The molecule has 1 N–H and O–H groups in total. The lowest BCUT2D eigenvalue weighted by Crippen LogP contribution is -2.34. The Hall–Kier alpha value is -6.13. The highest BCUT2D eigenvalue weighted by Gasteiger charge is 2.33.